The molecule has 1 aromatic carbocycles. The van der Waals surface area contributed by atoms with E-state index in [1.54, 1.807) is 0 Å². The van der Waals surface area contributed by atoms with Crippen molar-refractivity contribution in [1.29, 1.82) is 0 Å². The number of halogens is 1. The molecule has 2 atom stereocenters. The Bertz CT molecular complexity index is 599. The fourth-order valence-electron chi connectivity index (χ4n) is 4.79. The van der Waals surface area contributed by atoms with Crippen LogP contribution in [0.1, 0.15) is 19.8 Å². The summed E-state index contributed by atoms with van der Waals surface area (Å²) in [5.41, 5.74) is 1.25. The van der Waals surface area contributed by atoms with Crippen molar-refractivity contribution in [1.82, 2.24) is 9.80 Å². The van der Waals surface area contributed by atoms with E-state index < -0.39 is 0 Å². The van der Waals surface area contributed by atoms with Crippen molar-refractivity contribution in [3.05, 3.63) is 36.4 Å². The number of nitrogens with zero attached hydrogens (tertiary/aromatic N) is 3. The van der Waals surface area contributed by atoms with E-state index in [2.05, 4.69) is 58.0 Å². The third kappa shape index (κ3) is 4.98. The Hall–Kier alpha value is -1.23. The lowest BCUT2D eigenvalue weighted by Crippen LogP contribution is -2.48. The van der Waals surface area contributed by atoms with Crippen LogP contribution in [-0.4, -0.2) is 68.8 Å². The van der Waals surface area contributed by atoms with Crippen molar-refractivity contribution >= 4 is 18.1 Å². The van der Waals surface area contributed by atoms with Gasteiger partial charge in [0.2, 0.25) is 0 Å². The van der Waals surface area contributed by atoms with Crippen LogP contribution in [0.5, 0.6) is 5.75 Å². The number of hydrogen-bond donors (Lipinski definition) is 0. The Kier molecular flexibility index (Phi) is 7.45. The van der Waals surface area contributed by atoms with E-state index in [9.17, 15) is 0 Å². The van der Waals surface area contributed by atoms with Crippen LogP contribution in [0.25, 0.3) is 0 Å². The van der Waals surface area contributed by atoms with Gasteiger partial charge in [0, 0.05) is 52.4 Å². The minimum atomic E-state index is 0. The number of piperazine rings is 1. The number of anilines is 1. The molecule has 1 aromatic rings. The van der Waals surface area contributed by atoms with Gasteiger partial charge in [-0.3, -0.25) is 4.90 Å². The van der Waals surface area contributed by atoms with E-state index in [1.807, 2.05) is 0 Å². The molecule has 150 valence electrons. The number of hydrogen-bond acceptors (Lipinski definition) is 4. The first-order valence-corrected chi connectivity index (χ1v) is 10.4. The Morgan fingerprint density at radius 3 is 2.19 bits per heavy atom. The van der Waals surface area contributed by atoms with Crippen molar-refractivity contribution in [2.75, 3.05) is 63.9 Å². The Balaban J connectivity index is 0.00000210. The molecule has 0 N–H and O–H groups in total. The molecule has 3 aliphatic rings. The summed E-state index contributed by atoms with van der Waals surface area (Å²) < 4.78 is 5.81. The van der Waals surface area contributed by atoms with E-state index in [0.29, 0.717) is 0 Å². The topological polar surface area (TPSA) is 19.0 Å². The maximum atomic E-state index is 5.81. The highest BCUT2D eigenvalue weighted by molar-refractivity contribution is 5.85. The molecule has 0 saturated carbocycles. The molecule has 0 aromatic heterocycles. The van der Waals surface area contributed by atoms with Gasteiger partial charge < -0.3 is 14.5 Å². The van der Waals surface area contributed by atoms with Crippen LogP contribution in [0.4, 0.5) is 5.69 Å². The largest absolute Gasteiger partial charge is 0.492 e. The summed E-state index contributed by atoms with van der Waals surface area (Å²) in [5.74, 6) is 2.87. The first kappa shape index (κ1) is 20.5. The highest BCUT2D eigenvalue weighted by atomic mass is 35.5. The predicted octanol–water partition coefficient (Wildman–Crippen LogP) is 3.53. The maximum absolute atomic E-state index is 5.81. The van der Waals surface area contributed by atoms with Crippen LogP contribution < -0.4 is 9.64 Å². The van der Waals surface area contributed by atoms with Gasteiger partial charge in [0.1, 0.15) is 5.75 Å². The minimum absolute atomic E-state index is 0. The van der Waals surface area contributed by atoms with Gasteiger partial charge >= 0.3 is 0 Å². The molecule has 1 aliphatic carbocycles. The van der Waals surface area contributed by atoms with E-state index in [1.165, 1.54) is 44.7 Å². The molecule has 2 aliphatic heterocycles. The van der Waals surface area contributed by atoms with Gasteiger partial charge in [0.05, 0.1) is 12.3 Å². The molecular weight excluding hydrogens is 358 g/mol. The molecule has 0 bridgehead atoms. The summed E-state index contributed by atoms with van der Waals surface area (Å²) >= 11 is 0. The summed E-state index contributed by atoms with van der Waals surface area (Å²) in [6.45, 7) is 12.4. The number of allylic oxidation sites excluding steroid dienone is 2. The second-order valence-electron chi connectivity index (χ2n) is 7.95. The lowest BCUT2D eigenvalue weighted by atomic mass is 9.86. The van der Waals surface area contributed by atoms with Crippen molar-refractivity contribution in [3.8, 4) is 5.75 Å². The zero-order chi connectivity index (χ0) is 17.8. The molecular formula is C22H34ClN3O. The first-order valence-electron chi connectivity index (χ1n) is 10.4. The van der Waals surface area contributed by atoms with E-state index in [0.717, 1.165) is 50.4 Å². The van der Waals surface area contributed by atoms with Gasteiger partial charge in [-0.25, -0.2) is 0 Å². The lowest BCUT2D eigenvalue weighted by molar-refractivity contribution is 0.211. The molecule has 0 amide bonds. The van der Waals surface area contributed by atoms with Gasteiger partial charge in [0.15, 0.2) is 0 Å². The summed E-state index contributed by atoms with van der Waals surface area (Å²) in [7, 11) is 0. The molecule has 4 nitrogen and oxygen atoms in total. The van der Waals surface area contributed by atoms with Crippen LogP contribution in [0.3, 0.4) is 0 Å². The highest BCUT2D eigenvalue weighted by Gasteiger charge is 2.32. The monoisotopic (exact) mass is 391 g/mol. The third-order valence-electron chi connectivity index (χ3n) is 6.31. The van der Waals surface area contributed by atoms with Gasteiger partial charge in [-0.05, 0) is 43.7 Å². The summed E-state index contributed by atoms with van der Waals surface area (Å²) in [6.07, 6.45) is 7.39. The maximum Gasteiger partial charge on any atom is 0.142 e. The first-order chi connectivity index (χ1) is 12.8. The second-order valence-corrected chi connectivity index (χ2v) is 7.95. The molecule has 4 rings (SSSR count). The normalized spacial score (nSPS) is 25.9. The lowest BCUT2D eigenvalue weighted by Gasteiger charge is -2.37. The molecule has 2 fully saturated rings. The van der Waals surface area contributed by atoms with E-state index >= 15 is 0 Å². The smallest absolute Gasteiger partial charge is 0.142 e. The number of benzene rings is 1. The Morgan fingerprint density at radius 1 is 0.889 bits per heavy atom. The zero-order valence-electron chi connectivity index (χ0n) is 16.6. The number of ether oxygens (including phenoxy) is 1. The molecule has 2 unspecified atom stereocenters. The summed E-state index contributed by atoms with van der Waals surface area (Å²) in [4.78, 5) is 7.83. The summed E-state index contributed by atoms with van der Waals surface area (Å²) in [5, 5.41) is 0. The number of para-hydroxylation sites is 2. The number of likely N-dealkylation sites (tertiary alicyclic amines) is 1. The van der Waals surface area contributed by atoms with Gasteiger partial charge in [-0.2, -0.15) is 0 Å². The Morgan fingerprint density at radius 2 is 1.52 bits per heavy atom. The van der Waals surface area contributed by atoms with Crippen molar-refractivity contribution in [2.24, 2.45) is 11.8 Å². The van der Waals surface area contributed by atoms with Gasteiger partial charge in [-0.1, -0.05) is 24.3 Å². The SMILES string of the molecule is CCOc1ccccc1N1CCN(CCN2CC3CC=CCC3C2)CC1.Cl. The number of fused-ring (bicyclic) bond motifs is 1. The van der Waals surface area contributed by atoms with Crippen LogP contribution in [-0.2, 0) is 0 Å². The van der Waals surface area contributed by atoms with Gasteiger partial charge in [0.25, 0.3) is 0 Å². The van der Waals surface area contributed by atoms with Gasteiger partial charge in [-0.15, -0.1) is 12.4 Å². The van der Waals surface area contributed by atoms with Crippen molar-refractivity contribution in [3.63, 3.8) is 0 Å². The average Bonchev–Trinajstić information content (AvgIpc) is 3.11. The van der Waals surface area contributed by atoms with Crippen molar-refractivity contribution in [2.45, 2.75) is 19.8 Å². The standard InChI is InChI=1S/C22H33N3O.ClH/c1-2-26-22-10-6-5-9-21(22)25-15-13-23(14-16-25)11-12-24-17-19-7-3-4-8-20(19)18-24;/h3-6,9-10,19-20H,2,7-8,11-18H2,1H3;1H. The molecule has 0 spiro atoms. The molecule has 2 heterocycles. The fraction of sp³-hybridized carbons (Fsp3) is 0.636. The molecule has 27 heavy (non-hydrogen) atoms. The van der Waals surface area contributed by atoms with E-state index in [4.69, 9.17) is 4.74 Å². The van der Waals surface area contributed by atoms with Crippen LogP contribution in [0, 0.1) is 11.8 Å². The zero-order valence-corrected chi connectivity index (χ0v) is 17.4. The third-order valence-corrected chi connectivity index (χ3v) is 6.31. The molecule has 2 saturated heterocycles. The summed E-state index contributed by atoms with van der Waals surface area (Å²) in [6, 6.07) is 8.47. The predicted molar refractivity (Wildman–Crippen MR) is 115 cm³/mol. The van der Waals surface area contributed by atoms with Crippen LogP contribution >= 0.6 is 12.4 Å². The molecule has 5 heteroatoms. The van der Waals surface area contributed by atoms with E-state index in [-0.39, 0.29) is 12.4 Å². The van der Waals surface area contributed by atoms with Crippen molar-refractivity contribution < 1.29 is 4.74 Å². The van der Waals surface area contributed by atoms with Crippen LogP contribution in [0.15, 0.2) is 36.4 Å². The number of rotatable bonds is 6. The minimum Gasteiger partial charge on any atom is -0.492 e. The Labute approximate surface area is 170 Å². The average molecular weight is 392 g/mol. The molecule has 0 radical (unpaired) electrons. The van der Waals surface area contributed by atoms with Crippen LogP contribution in [0.2, 0.25) is 0 Å². The highest BCUT2D eigenvalue weighted by Crippen LogP contribution is 2.32. The second kappa shape index (κ2) is 9.81. The fourth-order valence-corrected chi connectivity index (χ4v) is 4.79. The quantitative estimate of drug-likeness (QED) is 0.690.